The van der Waals surface area contributed by atoms with Crippen molar-refractivity contribution in [1.29, 1.82) is 0 Å². The highest BCUT2D eigenvalue weighted by molar-refractivity contribution is 7.90. The van der Waals surface area contributed by atoms with E-state index in [0.717, 1.165) is 17.6 Å². The molecule has 2 aliphatic rings. The Morgan fingerprint density at radius 1 is 1.09 bits per heavy atom. The van der Waals surface area contributed by atoms with Gasteiger partial charge in [0, 0.05) is 18.4 Å². The third-order valence-corrected chi connectivity index (χ3v) is 6.60. The van der Waals surface area contributed by atoms with Crippen LogP contribution in [0.1, 0.15) is 18.9 Å². The molecule has 0 bridgehead atoms. The molecule has 174 valence electrons. The van der Waals surface area contributed by atoms with E-state index in [1.165, 1.54) is 24.3 Å². The minimum absolute atomic E-state index is 0.112. The zero-order valence-corrected chi connectivity index (χ0v) is 18.9. The first kappa shape index (κ1) is 22.6. The number of carbonyl (C=O) groups excluding carboxylic acids is 3. The molecule has 2 aromatic carbocycles. The van der Waals surface area contributed by atoms with Crippen LogP contribution >= 0.6 is 0 Å². The molecule has 1 unspecified atom stereocenters. The lowest BCUT2D eigenvalue weighted by Crippen LogP contribution is -2.42. The molecule has 0 aromatic heterocycles. The molecule has 10 nitrogen and oxygen atoms in total. The fraction of sp³-hybridized carbons (Fsp3) is 0.318. The Kier molecular flexibility index (Phi) is 5.75. The first-order chi connectivity index (χ1) is 15.6. The van der Waals surface area contributed by atoms with Crippen molar-refractivity contribution in [2.24, 2.45) is 0 Å². The van der Waals surface area contributed by atoms with Crippen LogP contribution in [-0.4, -0.2) is 57.2 Å². The summed E-state index contributed by atoms with van der Waals surface area (Å²) < 4.78 is 34.4. The summed E-state index contributed by atoms with van der Waals surface area (Å²) in [4.78, 5) is 39.1. The Morgan fingerprint density at radius 3 is 2.42 bits per heavy atom. The van der Waals surface area contributed by atoms with Gasteiger partial charge in [-0.2, -0.15) is 0 Å². The summed E-state index contributed by atoms with van der Waals surface area (Å²) in [7, 11) is -3.36. The van der Waals surface area contributed by atoms with Crippen molar-refractivity contribution in [3.05, 3.63) is 48.0 Å². The van der Waals surface area contributed by atoms with Crippen molar-refractivity contribution in [2.75, 3.05) is 31.3 Å². The van der Waals surface area contributed by atoms with E-state index in [0.29, 0.717) is 36.0 Å². The molecule has 2 N–H and O–H groups in total. The number of rotatable bonds is 5. The molecule has 1 saturated heterocycles. The van der Waals surface area contributed by atoms with Crippen LogP contribution in [0.5, 0.6) is 11.5 Å². The fourth-order valence-electron chi connectivity index (χ4n) is 3.64. The predicted octanol–water partition coefficient (Wildman–Crippen LogP) is 1.66. The molecule has 0 aliphatic carbocycles. The Labute approximate surface area is 190 Å². The van der Waals surface area contributed by atoms with Crippen molar-refractivity contribution in [1.82, 2.24) is 10.2 Å². The Balaban J connectivity index is 1.48. The highest BCUT2D eigenvalue weighted by Crippen LogP contribution is 2.36. The third-order valence-electron chi connectivity index (χ3n) is 5.47. The van der Waals surface area contributed by atoms with Crippen LogP contribution in [0.3, 0.4) is 0 Å². The van der Waals surface area contributed by atoms with E-state index in [9.17, 15) is 22.8 Å². The molecule has 1 fully saturated rings. The lowest BCUT2D eigenvalue weighted by Gasteiger charge is -2.23. The number of anilines is 1. The normalized spacial score (nSPS) is 20.2. The fourth-order valence-corrected chi connectivity index (χ4v) is 4.27. The van der Waals surface area contributed by atoms with E-state index in [1.807, 2.05) is 0 Å². The Bertz CT molecular complexity index is 1230. The first-order valence-corrected chi connectivity index (χ1v) is 12.1. The summed E-state index contributed by atoms with van der Waals surface area (Å²) in [5, 5.41) is 5.22. The van der Waals surface area contributed by atoms with Crippen LogP contribution in [0.15, 0.2) is 47.4 Å². The molecule has 11 heteroatoms. The van der Waals surface area contributed by atoms with Crippen molar-refractivity contribution < 1.29 is 32.3 Å². The first-order valence-electron chi connectivity index (χ1n) is 10.2. The van der Waals surface area contributed by atoms with Crippen LogP contribution in [0.2, 0.25) is 0 Å². The lowest BCUT2D eigenvalue weighted by atomic mass is 9.91. The molecule has 33 heavy (non-hydrogen) atoms. The zero-order valence-electron chi connectivity index (χ0n) is 18.1. The molecule has 0 radical (unpaired) electrons. The second-order valence-corrected chi connectivity index (χ2v) is 10.0. The van der Waals surface area contributed by atoms with Gasteiger partial charge in [0.25, 0.3) is 5.91 Å². The van der Waals surface area contributed by atoms with Gasteiger partial charge in [-0.15, -0.1) is 0 Å². The van der Waals surface area contributed by atoms with Gasteiger partial charge in [0.2, 0.25) is 5.91 Å². The van der Waals surface area contributed by atoms with E-state index in [1.54, 1.807) is 25.1 Å². The van der Waals surface area contributed by atoms with E-state index >= 15 is 0 Å². The summed E-state index contributed by atoms with van der Waals surface area (Å²) in [5.41, 5.74) is -0.534. The van der Waals surface area contributed by atoms with E-state index < -0.39 is 39.8 Å². The second-order valence-electron chi connectivity index (χ2n) is 8.00. The summed E-state index contributed by atoms with van der Waals surface area (Å²) in [6.45, 7) is 2.07. The number of benzene rings is 2. The van der Waals surface area contributed by atoms with Gasteiger partial charge < -0.3 is 20.1 Å². The van der Waals surface area contributed by atoms with E-state index in [2.05, 4.69) is 10.6 Å². The number of carbonyl (C=O) groups is 3. The Hall–Kier alpha value is -3.60. The van der Waals surface area contributed by atoms with Gasteiger partial charge in [0.05, 0.1) is 18.1 Å². The monoisotopic (exact) mass is 473 g/mol. The van der Waals surface area contributed by atoms with Gasteiger partial charge in [-0.1, -0.05) is 6.07 Å². The molecule has 0 saturated carbocycles. The van der Waals surface area contributed by atoms with Crippen LogP contribution < -0.4 is 20.1 Å². The van der Waals surface area contributed by atoms with Gasteiger partial charge in [0.1, 0.15) is 12.1 Å². The van der Waals surface area contributed by atoms with Crippen LogP contribution in [0, 0.1) is 0 Å². The van der Waals surface area contributed by atoms with Crippen LogP contribution in [0.4, 0.5) is 10.5 Å². The molecular formula is C22H23N3O7S. The number of hydrogen-bond donors (Lipinski definition) is 2. The van der Waals surface area contributed by atoms with Crippen LogP contribution in [0.25, 0.3) is 0 Å². The molecule has 2 aliphatic heterocycles. The highest BCUT2D eigenvalue weighted by atomic mass is 32.2. The molecule has 2 aromatic rings. The van der Waals surface area contributed by atoms with Gasteiger partial charge in [0.15, 0.2) is 21.3 Å². The maximum absolute atomic E-state index is 13.1. The highest BCUT2D eigenvalue weighted by Gasteiger charge is 2.49. The maximum Gasteiger partial charge on any atom is 0.325 e. The smallest absolute Gasteiger partial charge is 0.325 e. The number of amides is 4. The van der Waals surface area contributed by atoms with Gasteiger partial charge in [-0.25, -0.2) is 13.2 Å². The number of fused-ring (bicyclic) bond motifs is 1. The standard InChI is InChI=1S/C22H23N3O7S/c1-22(14-4-9-17-18(12-14)32-11-3-10-31-17)20(27)25(21(28)24-22)13-19(26)23-15-5-7-16(8-6-15)33(2,29)30/h4-9,12H,3,10-11,13H2,1-2H3,(H,23,26)(H,24,28). The van der Waals surface area contributed by atoms with Gasteiger partial charge >= 0.3 is 6.03 Å². The summed E-state index contributed by atoms with van der Waals surface area (Å²) in [5.74, 6) is -0.130. The number of urea groups is 1. The van der Waals surface area contributed by atoms with E-state index in [-0.39, 0.29) is 4.90 Å². The lowest BCUT2D eigenvalue weighted by molar-refractivity contribution is -0.133. The number of nitrogens with one attached hydrogen (secondary N) is 2. The van der Waals surface area contributed by atoms with Crippen molar-refractivity contribution in [3.63, 3.8) is 0 Å². The quantitative estimate of drug-likeness (QED) is 0.632. The summed E-state index contributed by atoms with van der Waals surface area (Å²) in [6.07, 6.45) is 1.81. The van der Waals surface area contributed by atoms with Crippen molar-refractivity contribution >= 4 is 33.4 Å². The predicted molar refractivity (Wildman–Crippen MR) is 118 cm³/mol. The average Bonchev–Trinajstić information content (AvgIpc) is 2.92. The second kappa shape index (κ2) is 8.39. The van der Waals surface area contributed by atoms with Crippen molar-refractivity contribution in [3.8, 4) is 11.5 Å². The van der Waals surface area contributed by atoms with Crippen molar-refractivity contribution in [2.45, 2.75) is 23.8 Å². The Morgan fingerprint density at radius 2 is 1.76 bits per heavy atom. The minimum atomic E-state index is -3.36. The molecule has 1 atom stereocenters. The maximum atomic E-state index is 13.1. The number of ether oxygens (including phenoxy) is 2. The molecule has 0 spiro atoms. The SMILES string of the molecule is CC1(c2ccc3c(c2)OCCCO3)NC(=O)N(CC(=O)Nc2ccc(S(C)(=O)=O)cc2)C1=O. The summed E-state index contributed by atoms with van der Waals surface area (Å²) >= 11 is 0. The molecule has 4 amide bonds. The van der Waals surface area contributed by atoms with E-state index in [4.69, 9.17) is 9.47 Å². The molecular weight excluding hydrogens is 450 g/mol. The van der Waals surface area contributed by atoms with Gasteiger partial charge in [-0.3, -0.25) is 14.5 Å². The number of hydrogen-bond acceptors (Lipinski definition) is 7. The van der Waals surface area contributed by atoms with Gasteiger partial charge in [-0.05, 0) is 48.9 Å². The minimum Gasteiger partial charge on any atom is -0.490 e. The van der Waals surface area contributed by atoms with Crippen LogP contribution in [-0.2, 0) is 25.0 Å². The molecule has 4 rings (SSSR count). The largest absolute Gasteiger partial charge is 0.490 e. The third kappa shape index (κ3) is 4.49. The number of nitrogens with zero attached hydrogens (tertiary/aromatic N) is 1. The number of imide groups is 1. The molecule has 2 heterocycles. The number of sulfone groups is 1. The summed E-state index contributed by atoms with van der Waals surface area (Å²) in [6, 6.07) is 9.92. The average molecular weight is 474 g/mol. The zero-order chi connectivity index (χ0) is 23.8. The topological polar surface area (TPSA) is 131 Å².